The molecule has 4 heteroatoms. The van der Waals surface area contributed by atoms with Gasteiger partial charge in [-0.3, -0.25) is 0 Å². The number of hydrogen-bond acceptors (Lipinski definition) is 2. The normalized spacial score (nSPS) is 11.2. The zero-order valence-corrected chi connectivity index (χ0v) is 10.5. The Bertz CT molecular complexity index is 396. The summed E-state index contributed by atoms with van der Waals surface area (Å²) < 4.78 is 0. The molecule has 1 aromatic carbocycles. The van der Waals surface area contributed by atoms with Crippen molar-refractivity contribution in [2.45, 2.75) is 32.7 Å². The molecule has 0 bridgehead atoms. The van der Waals surface area contributed by atoms with E-state index in [9.17, 15) is 9.90 Å². The molecule has 1 aromatic rings. The second kappa shape index (κ2) is 5.08. The molecule has 1 rings (SSSR count). The van der Waals surface area contributed by atoms with Gasteiger partial charge in [-0.25, -0.2) is 4.79 Å². The highest BCUT2D eigenvalue weighted by Gasteiger charge is 2.25. The number of phenolic OH excluding ortho intramolecular Hbond substituents is 1. The van der Waals surface area contributed by atoms with Gasteiger partial charge in [-0.2, -0.15) is 0 Å². The van der Waals surface area contributed by atoms with E-state index in [1.165, 1.54) is 4.90 Å². The van der Waals surface area contributed by atoms with Gasteiger partial charge in [0, 0.05) is 12.1 Å². The van der Waals surface area contributed by atoms with Crippen LogP contribution in [0.3, 0.4) is 0 Å². The number of phenols is 1. The number of aromatic hydroxyl groups is 1. The maximum absolute atomic E-state index is 11.1. The van der Waals surface area contributed by atoms with Gasteiger partial charge in [0.25, 0.3) is 0 Å². The van der Waals surface area contributed by atoms with Crippen molar-refractivity contribution in [3.05, 3.63) is 29.8 Å². The summed E-state index contributed by atoms with van der Waals surface area (Å²) in [6.07, 6.45) is -0.324. The highest BCUT2D eigenvalue weighted by molar-refractivity contribution is 5.66. The third-order valence-corrected chi connectivity index (χ3v) is 2.58. The van der Waals surface area contributed by atoms with Crippen molar-refractivity contribution in [2.24, 2.45) is 0 Å². The molecule has 0 saturated carbocycles. The van der Waals surface area contributed by atoms with Gasteiger partial charge in [0.15, 0.2) is 0 Å². The Balaban J connectivity index is 2.68. The molecule has 1 amide bonds. The number of rotatable bonds is 3. The summed E-state index contributed by atoms with van der Waals surface area (Å²) in [5.74, 6) is 0.208. The lowest BCUT2D eigenvalue weighted by Crippen LogP contribution is -2.45. The second-order valence-corrected chi connectivity index (χ2v) is 5.02. The number of carbonyl (C=O) groups is 1. The summed E-state index contributed by atoms with van der Waals surface area (Å²) in [4.78, 5) is 12.5. The van der Waals surface area contributed by atoms with Crippen LogP contribution >= 0.6 is 0 Å². The van der Waals surface area contributed by atoms with E-state index in [0.29, 0.717) is 13.0 Å². The average molecular weight is 237 g/mol. The number of benzene rings is 1. The smallest absolute Gasteiger partial charge is 0.407 e. The monoisotopic (exact) mass is 237 g/mol. The molecule has 0 spiro atoms. The van der Waals surface area contributed by atoms with E-state index >= 15 is 0 Å². The second-order valence-electron chi connectivity index (χ2n) is 5.02. The van der Waals surface area contributed by atoms with E-state index < -0.39 is 11.6 Å². The first kappa shape index (κ1) is 13.4. The molecule has 0 radical (unpaired) electrons. The number of nitrogens with zero attached hydrogens (tertiary/aromatic N) is 1. The van der Waals surface area contributed by atoms with Crippen LogP contribution in [0.5, 0.6) is 5.75 Å². The average Bonchev–Trinajstić information content (AvgIpc) is 2.15. The highest BCUT2D eigenvalue weighted by Crippen LogP contribution is 2.16. The summed E-state index contributed by atoms with van der Waals surface area (Å²) in [5.41, 5.74) is 0.517. The lowest BCUT2D eigenvalue weighted by atomic mass is 10.0. The Morgan fingerprint density at radius 2 is 2.00 bits per heavy atom. The Kier molecular flexibility index (Phi) is 3.99. The summed E-state index contributed by atoms with van der Waals surface area (Å²) in [7, 11) is 0. The van der Waals surface area contributed by atoms with Gasteiger partial charge in [-0.15, -0.1) is 0 Å². The van der Waals surface area contributed by atoms with E-state index in [4.69, 9.17) is 5.11 Å². The minimum Gasteiger partial charge on any atom is -0.508 e. The molecule has 0 saturated heterocycles. The molecule has 0 atom stereocenters. The molecule has 94 valence electrons. The maximum Gasteiger partial charge on any atom is 0.407 e. The number of hydrogen-bond donors (Lipinski definition) is 2. The maximum atomic E-state index is 11.1. The van der Waals surface area contributed by atoms with Crippen molar-refractivity contribution in [1.82, 2.24) is 4.90 Å². The summed E-state index contributed by atoms with van der Waals surface area (Å²) >= 11 is 0. The quantitative estimate of drug-likeness (QED) is 0.849. The zero-order chi connectivity index (χ0) is 13.1. The molecule has 0 aliphatic carbocycles. The Morgan fingerprint density at radius 1 is 1.35 bits per heavy atom. The van der Waals surface area contributed by atoms with E-state index in [2.05, 4.69) is 0 Å². The van der Waals surface area contributed by atoms with Crippen LogP contribution in [0.2, 0.25) is 0 Å². The van der Waals surface area contributed by atoms with Gasteiger partial charge in [-0.1, -0.05) is 12.1 Å². The molecule has 0 aliphatic rings. The molecular weight excluding hydrogens is 218 g/mol. The van der Waals surface area contributed by atoms with Crippen molar-refractivity contribution in [2.75, 3.05) is 6.54 Å². The Morgan fingerprint density at radius 3 is 2.47 bits per heavy atom. The Hall–Kier alpha value is -1.71. The lowest BCUT2D eigenvalue weighted by molar-refractivity contribution is 0.101. The van der Waals surface area contributed by atoms with Gasteiger partial charge in [0.1, 0.15) is 5.75 Å². The van der Waals surface area contributed by atoms with Crippen molar-refractivity contribution in [3.63, 3.8) is 0 Å². The molecular formula is C13H19NO3. The van der Waals surface area contributed by atoms with Gasteiger partial charge in [0.2, 0.25) is 0 Å². The van der Waals surface area contributed by atoms with Crippen LogP contribution in [0.25, 0.3) is 0 Å². The summed E-state index contributed by atoms with van der Waals surface area (Å²) in [6, 6.07) is 6.89. The third kappa shape index (κ3) is 3.98. The fraction of sp³-hybridized carbons (Fsp3) is 0.462. The standard InChI is InChI=1S/C13H19NO3/c1-13(2,3)14(12(16)17)8-7-10-5-4-6-11(15)9-10/h4-6,9,15H,7-8H2,1-3H3,(H,16,17). The molecule has 0 heterocycles. The Labute approximate surface area is 101 Å². The van der Waals surface area contributed by atoms with Crippen LogP contribution in [-0.4, -0.2) is 33.3 Å². The van der Waals surface area contributed by atoms with Crippen molar-refractivity contribution in [1.29, 1.82) is 0 Å². The van der Waals surface area contributed by atoms with E-state index in [1.54, 1.807) is 18.2 Å². The lowest BCUT2D eigenvalue weighted by Gasteiger charge is -2.33. The van der Waals surface area contributed by atoms with Crippen LogP contribution < -0.4 is 0 Å². The topological polar surface area (TPSA) is 60.8 Å². The minimum absolute atomic E-state index is 0.208. The van der Waals surface area contributed by atoms with Crippen molar-refractivity contribution >= 4 is 6.09 Å². The first-order chi connectivity index (χ1) is 7.80. The molecule has 0 aromatic heterocycles. The summed E-state index contributed by atoms with van der Waals surface area (Å²) in [6.45, 7) is 6.01. The SMILES string of the molecule is CC(C)(C)N(CCc1cccc(O)c1)C(=O)O. The predicted octanol–water partition coefficient (Wildman–Crippen LogP) is 2.71. The predicted molar refractivity (Wildman–Crippen MR) is 66.3 cm³/mol. The van der Waals surface area contributed by atoms with Crippen LogP contribution in [0, 0.1) is 0 Å². The van der Waals surface area contributed by atoms with E-state index in [-0.39, 0.29) is 5.75 Å². The fourth-order valence-electron chi connectivity index (χ4n) is 1.67. The molecule has 0 aliphatic heterocycles. The van der Waals surface area contributed by atoms with Crippen LogP contribution in [-0.2, 0) is 6.42 Å². The first-order valence-electron chi connectivity index (χ1n) is 5.59. The van der Waals surface area contributed by atoms with E-state index in [1.807, 2.05) is 26.8 Å². The van der Waals surface area contributed by atoms with E-state index in [0.717, 1.165) is 5.56 Å². The van der Waals surface area contributed by atoms with Crippen molar-refractivity contribution < 1.29 is 15.0 Å². The van der Waals surface area contributed by atoms with Gasteiger partial charge in [-0.05, 0) is 44.9 Å². The van der Waals surface area contributed by atoms with Gasteiger partial charge in [0.05, 0.1) is 0 Å². The molecule has 0 unspecified atom stereocenters. The largest absolute Gasteiger partial charge is 0.508 e. The van der Waals surface area contributed by atoms with Gasteiger partial charge < -0.3 is 15.1 Å². The molecule has 17 heavy (non-hydrogen) atoms. The van der Waals surface area contributed by atoms with Gasteiger partial charge >= 0.3 is 6.09 Å². The number of carboxylic acid groups (broad SMARTS) is 1. The number of amides is 1. The fourth-order valence-corrected chi connectivity index (χ4v) is 1.67. The van der Waals surface area contributed by atoms with Crippen LogP contribution in [0.4, 0.5) is 4.79 Å². The first-order valence-corrected chi connectivity index (χ1v) is 5.59. The minimum atomic E-state index is -0.919. The van der Waals surface area contributed by atoms with Crippen LogP contribution in [0.15, 0.2) is 24.3 Å². The molecule has 0 fully saturated rings. The molecule has 2 N–H and O–H groups in total. The third-order valence-electron chi connectivity index (χ3n) is 2.58. The van der Waals surface area contributed by atoms with Crippen LogP contribution in [0.1, 0.15) is 26.3 Å². The van der Waals surface area contributed by atoms with Crippen molar-refractivity contribution in [3.8, 4) is 5.75 Å². The molecule has 4 nitrogen and oxygen atoms in total. The summed E-state index contributed by atoms with van der Waals surface area (Å²) in [5, 5.41) is 18.4. The zero-order valence-electron chi connectivity index (χ0n) is 10.5. The highest BCUT2D eigenvalue weighted by atomic mass is 16.4.